The summed E-state index contributed by atoms with van der Waals surface area (Å²) in [5.41, 5.74) is 0. The Hall–Kier alpha value is -0.700. The molecule has 0 aromatic carbocycles. The van der Waals surface area contributed by atoms with Crippen LogP contribution in [-0.2, 0) is 9.59 Å². The first-order valence-corrected chi connectivity index (χ1v) is 5.79. The lowest BCUT2D eigenvalue weighted by atomic mass is 9.82. The Morgan fingerprint density at radius 1 is 1.07 bits per heavy atom. The minimum Gasteiger partial charge on any atom is -0.389 e. The summed E-state index contributed by atoms with van der Waals surface area (Å²) in [5.74, 6) is 1.06. The van der Waals surface area contributed by atoms with Crippen molar-refractivity contribution in [3.05, 3.63) is 0 Å². The van der Waals surface area contributed by atoms with Gasteiger partial charge in [-0.05, 0) is 32.6 Å². The molecule has 0 unspecified atom stereocenters. The Morgan fingerprint density at radius 3 is 1.60 bits per heavy atom. The Bertz CT molecular complexity index is 227. The zero-order chi connectivity index (χ0) is 11.3. The zero-order valence-corrected chi connectivity index (χ0v) is 9.37. The summed E-state index contributed by atoms with van der Waals surface area (Å²) < 4.78 is 0. The van der Waals surface area contributed by atoms with Gasteiger partial charge in [-0.25, -0.2) is 0 Å². The van der Waals surface area contributed by atoms with Gasteiger partial charge in [0.2, 0.25) is 0 Å². The van der Waals surface area contributed by atoms with Gasteiger partial charge in [0.05, 0.1) is 0 Å². The summed E-state index contributed by atoms with van der Waals surface area (Å²) in [7, 11) is 0. The standard InChI is InChI=1S/C6H10O2.C6H10O/c7-4-6(8)5-2-1-3-5;1-5(7)6-3-2-4-6/h5,7H,1-4H2;6H,2-4H2,1H3. The Morgan fingerprint density at radius 2 is 1.53 bits per heavy atom. The molecule has 0 spiro atoms. The summed E-state index contributed by atoms with van der Waals surface area (Å²) in [6, 6.07) is 0. The van der Waals surface area contributed by atoms with E-state index in [1.165, 1.54) is 6.42 Å². The first-order chi connectivity index (χ1) is 7.15. The molecular weight excluding hydrogens is 192 g/mol. The molecule has 0 heterocycles. The molecule has 0 atom stereocenters. The van der Waals surface area contributed by atoms with Crippen LogP contribution in [0.1, 0.15) is 45.4 Å². The summed E-state index contributed by atoms with van der Waals surface area (Å²) in [5, 5.41) is 8.32. The maximum Gasteiger partial charge on any atom is 0.161 e. The van der Waals surface area contributed by atoms with Crippen molar-refractivity contribution in [2.24, 2.45) is 11.8 Å². The first kappa shape index (κ1) is 12.4. The number of hydrogen-bond donors (Lipinski definition) is 1. The van der Waals surface area contributed by atoms with Crippen molar-refractivity contribution in [1.29, 1.82) is 0 Å². The van der Waals surface area contributed by atoms with E-state index in [1.54, 1.807) is 6.92 Å². The van der Waals surface area contributed by atoms with Gasteiger partial charge in [-0.1, -0.05) is 12.8 Å². The molecule has 2 aliphatic rings. The van der Waals surface area contributed by atoms with E-state index in [2.05, 4.69) is 0 Å². The molecule has 0 aromatic heterocycles. The van der Waals surface area contributed by atoms with Gasteiger partial charge < -0.3 is 5.11 Å². The maximum atomic E-state index is 10.5. The fourth-order valence-electron chi connectivity index (χ4n) is 1.67. The molecule has 0 amide bonds. The van der Waals surface area contributed by atoms with Crippen LogP contribution in [0, 0.1) is 11.8 Å². The zero-order valence-electron chi connectivity index (χ0n) is 9.37. The van der Waals surface area contributed by atoms with Crippen LogP contribution in [0.2, 0.25) is 0 Å². The minimum absolute atomic E-state index is 0.0243. The molecule has 2 aliphatic carbocycles. The van der Waals surface area contributed by atoms with Gasteiger partial charge in [0.25, 0.3) is 0 Å². The van der Waals surface area contributed by atoms with Crippen LogP contribution >= 0.6 is 0 Å². The van der Waals surface area contributed by atoms with Gasteiger partial charge in [-0.2, -0.15) is 0 Å². The molecule has 2 fully saturated rings. The third-order valence-electron chi connectivity index (χ3n) is 3.40. The van der Waals surface area contributed by atoms with Crippen LogP contribution in [-0.4, -0.2) is 23.3 Å². The SMILES string of the molecule is CC(=O)C1CCC1.O=C(CO)C1CCC1. The summed E-state index contributed by atoms with van der Waals surface area (Å²) >= 11 is 0. The van der Waals surface area contributed by atoms with Crippen LogP contribution in [0.5, 0.6) is 0 Å². The Labute approximate surface area is 90.9 Å². The molecule has 1 N–H and O–H groups in total. The predicted molar refractivity (Wildman–Crippen MR) is 57.5 cm³/mol. The van der Waals surface area contributed by atoms with E-state index in [0.29, 0.717) is 11.7 Å². The van der Waals surface area contributed by atoms with Crippen molar-refractivity contribution >= 4 is 11.6 Å². The third-order valence-corrected chi connectivity index (χ3v) is 3.40. The molecule has 15 heavy (non-hydrogen) atoms. The average molecular weight is 212 g/mol. The van der Waals surface area contributed by atoms with Gasteiger partial charge >= 0.3 is 0 Å². The van der Waals surface area contributed by atoms with Crippen LogP contribution in [0.3, 0.4) is 0 Å². The number of Topliss-reactive ketones (excluding diaryl/α,β-unsaturated/α-hetero) is 2. The van der Waals surface area contributed by atoms with E-state index in [4.69, 9.17) is 5.11 Å². The molecule has 3 nitrogen and oxygen atoms in total. The summed E-state index contributed by atoms with van der Waals surface area (Å²) in [6.45, 7) is 1.43. The van der Waals surface area contributed by atoms with Gasteiger partial charge in [0, 0.05) is 11.8 Å². The van der Waals surface area contributed by atoms with Crippen LogP contribution in [0.25, 0.3) is 0 Å². The lowest BCUT2D eigenvalue weighted by molar-refractivity contribution is -0.128. The number of ketones is 2. The number of aliphatic hydroxyl groups excluding tert-OH is 1. The van der Waals surface area contributed by atoms with Crippen molar-refractivity contribution in [2.75, 3.05) is 6.61 Å². The monoisotopic (exact) mass is 212 g/mol. The smallest absolute Gasteiger partial charge is 0.161 e. The second-order valence-corrected chi connectivity index (χ2v) is 4.49. The summed E-state index contributed by atoms with van der Waals surface area (Å²) in [6.07, 6.45) is 6.73. The highest BCUT2D eigenvalue weighted by Gasteiger charge is 2.23. The number of hydrogen-bond acceptors (Lipinski definition) is 3. The first-order valence-electron chi connectivity index (χ1n) is 5.79. The lowest BCUT2D eigenvalue weighted by Crippen LogP contribution is -2.24. The van der Waals surface area contributed by atoms with E-state index in [0.717, 1.165) is 32.1 Å². The Kier molecular flexibility index (Phi) is 4.95. The fourth-order valence-corrected chi connectivity index (χ4v) is 1.67. The van der Waals surface area contributed by atoms with Crippen molar-refractivity contribution in [3.63, 3.8) is 0 Å². The van der Waals surface area contributed by atoms with E-state index >= 15 is 0 Å². The second-order valence-electron chi connectivity index (χ2n) is 4.49. The van der Waals surface area contributed by atoms with Crippen molar-refractivity contribution in [2.45, 2.75) is 45.4 Å². The van der Waals surface area contributed by atoms with Crippen LogP contribution in [0.15, 0.2) is 0 Å². The van der Waals surface area contributed by atoms with Gasteiger partial charge in [-0.3, -0.25) is 9.59 Å². The molecule has 2 saturated carbocycles. The third kappa shape index (κ3) is 3.74. The van der Waals surface area contributed by atoms with E-state index in [9.17, 15) is 9.59 Å². The van der Waals surface area contributed by atoms with Crippen molar-refractivity contribution in [1.82, 2.24) is 0 Å². The quantitative estimate of drug-likeness (QED) is 0.775. The highest BCUT2D eigenvalue weighted by atomic mass is 16.3. The number of carbonyl (C=O) groups excluding carboxylic acids is 2. The van der Waals surface area contributed by atoms with Gasteiger partial charge in [0.1, 0.15) is 12.4 Å². The average Bonchev–Trinajstić information content (AvgIpc) is 1.97. The van der Waals surface area contributed by atoms with E-state index in [-0.39, 0.29) is 18.3 Å². The normalized spacial score (nSPS) is 20.7. The van der Waals surface area contributed by atoms with Gasteiger partial charge in [-0.15, -0.1) is 0 Å². The van der Waals surface area contributed by atoms with Gasteiger partial charge in [0.15, 0.2) is 5.78 Å². The molecule has 0 aliphatic heterocycles. The van der Waals surface area contributed by atoms with Crippen LogP contribution in [0.4, 0.5) is 0 Å². The minimum atomic E-state index is -0.259. The molecule has 3 heteroatoms. The van der Waals surface area contributed by atoms with E-state index in [1.807, 2.05) is 0 Å². The van der Waals surface area contributed by atoms with Crippen LogP contribution < -0.4 is 0 Å². The lowest BCUT2D eigenvalue weighted by Gasteiger charge is -2.22. The second kappa shape index (κ2) is 6.01. The Balaban J connectivity index is 0.000000151. The topological polar surface area (TPSA) is 54.4 Å². The van der Waals surface area contributed by atoms with Crippen molar-refractivity contribution in [3.8, 4) is 0 Å². The molecule has 0 radical (unpaired) electrons. The van der Waals surface area contributed by atoms with E-state index < -0.39 is 0 Å². The molecule has 86 valence electrons. The molecule has 0 aromatic rings. The fraction of sp³-hybridized carbons (Fsp3) is 0.833. The highest BCUT2D eigenvalue weighted by Crippen LogP contribution is 2.27. The molecule has 2 rings (SSSR count). The highest BCUT2D eigenvalue weighted by molar-refractivity contribution is 5.82. The maximum absolute atomic E-state index is 10.5. The molecule has 0 bridgehead atoms. The largest absolute Gasteiger partial charge is 0.389 e. The predicted octanol–water partition coefficient (Wildman–Crippen LogP) is 1.72. The summed E-state index contributed by atoms with van der Waals surface area (Å²) in [4.78, 5) is 21.0. The number of rotatable bonds is 3. The molecule has 0 saturated heterocycles. The number of aliphatic hydroxyl groups is 1. The molecular formula is C12H20O3. The number of carbonyl (C=O) groups is 2. The van der Waals surface area contributed by atoms with Crippen molar-refractivity contribution < 1.29 is 14.7 Å².